The molecule has 3 aromatic rings. The topological polar surface area (TPSA) is 31.2 Å². The number of esters is 1. The summed E-state index contributed by atoms with van der Waals surface area (Å²) in [5.41, 5.74) is 2.97. The van der Waals surface area contributed by atoms with Crippen LogP contribution in [0.1, 0.15) is 32.6 Å². The Morgan fingerprint density at radius 2 is 1.52 bits per heavy atom. The van der Waals surface area contributed by atoms with Gasteiger partial charge in [-0.05, 0) is 50.5 Å². The van der Waals surface area contributed by atoms with Gasteiger partial charge in [-0.3, -0.25) is 0 Å². The van der Waals surface area contributed by atoms with Gasteiger partial charge in [-0.2, -0.15) is 0 Å². The van der Waals surface area contributed by atoms with Crippen LogP contribution in [-0.2, 0) is 16.1 Å². The van der Waals surface area contributed by atoms with Gasteiger partial charge in [0.2, 0.25) is 0 Å². The average Bonchev–Trinajstić information content (AvgIpc) is 2.92. The van der Waals surface area contributed by atoms with Crippen LogP contribution >= 0.6 is 31.9 Å². The van der Waals surface area contributed by atoms with Gasteiger partial charge in [0, 0.05) is 31.8 Å². The number of halogens is 2. The molecular weight excluding hydrogens is 470 g/mol. The Morgan fingerprint density at radius 1 is 0.963 bits per heavy atom. The van der Waals surface area contributed by atoms with E-state index in [9.17, 15) is 4.79 Å². The van der Waals surface area contributed by atoms with Gasteiger partial charge >= 0.3 is 5.97 Å². The van der Waals surface area contributed by atoms with Gasteiger partial charge in [0.25, 0.3) is 0 Å². The van der Waals surface area contributed by atoms with E-state index in [1.165, 1.54) is 21.8 Å². The summed E-state index contributed by atoms with van der Waals surface area (Å²) in [5, 5.41) is 2.57. The predicted octanol–water partition coefficient (Wildman–Crippen LogP) is 7.00. The zero-order valence-corrected chi connectivity index (χ0v) is 18.6. The summed E-state index contributed by atoms with van der Waals surface area (Å²) in [7, 11) is 0. The summed E-state index contributed by atoms with van der Waals surface area (Å²) in [6, 6.07) is 13.0. The van der Waals surface area contributed by atoms with E-state index in [0.29, 0.717) is 12.2 Å². The highest BCUT2D eigenvalue weighted by Crippen LogP contribution is 2.33. The average molecular weight is 493 g/mol. The van der Waals surface area contributed by atoms with Crippen molar-refractivity contribution in [3.8, 4) is 0 Å². The molecule has 0 amide bonds. The van der Waals surface area contributed by atoms with E-state index < -0.39 is 0 Å². The molecular formula is C22H23Br2NO2. The van der Waals surface area contributed by atoms with Crippen LogP contribution < -0.4 is 0 Å². The van der Waals surface area contributed by atoms with Crippen LogP contribution in [0.25, 0.3) is 21.8 Å². The molecule has 2 aromatic carbocycles. The number of hydrogen-bond donors (Lipinski definition) is 0. The third-order valence-electron chi connectivity index (χ3n) is 4.65. The molecule has 0 atom stereocenters. The van der Waals surface area contributed by atoms with Crippen LogP contribution in [0, 0.1) is 0 Å². The van der Waals surface area contributed by atoms with Crippen molar-refractivity contribution in [2.75, 3.05) is 6.61 Å². The number of fused-ring (bicyclic) bond motifs is 3. The predicted molar refractivity (Wildman–Crippen MR) is 119 cm³/mol. The maximum absolute atomic E-state index is 11.4. The van der Waals surface area contributed by atoms with Crippen molar-refractivity contribution < 1.29 is 9.53 Å². The van der Waals surface area contributed by atoms with Crippen molar-refractivity contribution in [1.29, 1.82) is 0 Å². The largest absolute Gasteiger partial charge is 0.462 e. The van der Waals surface area contributed by atoms with Gasteiger partial charge in [0.1, 0.15) is 0 Å². The fourth-order valence-corrected chi connectivity index (χ4v) is 3.99. The molecule has 0 unspecified atom stereocenters. The van der Waals surface area contributed by atoms with Crippen molar-refractivity contribution in [3.05, 3.63) is 57.5 Å². The normalized spacial score (nSPS) is 11.2. The van der Waals surface area contributed by atoms with E-state index >= 15 is 0 Å². The maximum atomic E-state index is 11.4. The van der Waals surface area contributed by atoms with Crippen LogP contribution in [0.2, 0.25) is 0 Å². The van der Waals surface area contributed by atoms with Gasteiger partial charge < -0.3 is 9.30 Å². The minimum Gasteiger partial charge on any atom is -0.462 e. The first-order valence-corrected chi connectivity index (χ1v) is 10.8. The van der Waals surface area contributed by atoms with Crippen LogP contribution in [-0.4, -0.2) is 17.1 Å². The molecule has 3 rings (SSSR count). The summed E-state index contributed by atoms with van der Waals surface area (Å²) in [5.74, 6) is -0.295. The molecule has 0 saturated heterocycles. The smallest absolute Gasteiger partial charge is 0.333 e. The summed E-state index contributed by atoms with van der Waals surface area (Å²) in [6.45, 7) is 6.71. The van der Waals surface area contributed by atoms with Crippen molar-refractivity contribution in [2.45, 2.75) is 39.2 Å². The number of carbonyl (C=O) groups is 1. The van der Waals surface area contributed by atoms with Gasteiger partial charge in [0.05, 0.1) is 17.6 Å². The molecule has 0 fully saturated rings. The Balaban J connectivity index is 1.64. The van der Waals surface area contributed by atoms with Crippen molar-refractivity contribution in [2.24, 2.45) is 0 Å². The third-order valence-corrected chi connectivity index (χ3v) is 5.64. The summed E-state index contributed by atoms with van der Waals surface area (Å²) in [4.78, 5) is 11.4. The number of aromatic nitrogens is 1. The van der Waals surface area contributed by atoms with E-state index in [4.69, 9.17) is 4.74 Å². The molecule has 0 aliphatic heterocycles. The molecule has 142 valence electrons. The molecule has 0 spiro atoms. The van der Waals surface area contributed by atoms with Crippen molar-refractivity contribution in [3.63, 3.8) is 0 Å². The van der Waals surface area contributed by atoms with E-state index in [-0.39, 0.29) is 5.97 Å². The molecule has 1 aromatic heterocycles. The Morgan fingerprint density at radius 3 is 2.07 bits per heavy atom. The van der Waals surface area contributed by atoms with Crippen molar-refractivity contribution in [1.82, 2.24) is 4.57 Å². The van der Waals surface area contributed by atoms with Gasteiger partial charge in [-0.1, -0.05) is 57.0 Å². The standard InChI is InChI=1S/C22H23Br2NO2/c1-15(2)22(26)27-12-6-4-3-5-11-25-20-13-16(23)7-9-18(20)19-10-8-17(24)14-21(19)25/h7-10,13-14H,1,3-6,11-12H2,2H3. The van der Waals surface area contributed by atoms with Crippen LogP contribution in [0.5, 0.6) is 0 Å². The SMILES string of the molecule is C=C(C)C(=O)OCCCCCCn1c2cc(Br)ccc2c2ccc(Br)cc21. The second-order valence-corrected chi connectivity index (χ2v) is 8.64. The number of rotatable bonds is 8. The molecule has 5 heteroatoms. The first-order chi connectivity index (χ1) is 13.0. The molecule has 0 N–H and O–H groups in total. The number of nitrogens with zero attached hydrogens (tertiary/aromatic N) is 1. The fourth-order valence-electron chi connectivity index (χ4n) is 3.30. The number of ether oxygens (including phenoxy) is 1. The van der Waals surface area contributed by atoms with Crippen LogP contribution in [0.15, 0.2) is 57.5 Å². The Bertz CT molecular complexity index is 932. The molecule has 0 radical (unpaired) electrons. The molecule has 0 aliphatic rings. The Labute approximate surface area is 176 Å². The number of hydrogen-bond acceptors (Lipinski definition) is 2. The third kappa shape index (κ3) is 4.82. The number of carbonyl (C=O) groups excluding carboxylic acids is 1. The minimum absolute atomic E-state index is 0.295. The zero-order valence-electron chi connectivity index (χ0n) is 15.4. The van der Waals surface area contributed by atoms with E-state index in [0.717, 1.165) is 41.2 Å². The molecule has 0 saturated carbocycles. The van der Waals surface area contributed by atoms with E-state index in [1.807, 2.05) is 0 Å². The Kier molecular flexibility index (Phi) is 6.77. The van der Waals surface area contributed by atoms with Gasteiger partial charge in [-0.25, -0.2) is 4.79 Å². The lowest BCUT2D eigenvalue weighted by Crippen LogP contribution is -2.06. The highest BCUT2D eigenvalue weighted by atomic mass is 79.9. The quantitative estimate of drug-likeness (QED) is 0.192. The van der Waals surface area contributed by atoms with E-state index in [2.05, 4.69) is 79.4 Å². The number of unbranched alkanes of at least 4 members (excludes halogenated alkanes) is 3. The molecule has 0 bridgehead atoms. The molecule has 27 heavy (non-hydrogen) atoms. The first-order valence-electron chi connectivity index (χ1n) is 9.17. The molecule has 1 heterocycles. The molecule has 3 nitrogen and oxygen atoms in total. The lowest BCUT2D eigenvalue weighted by Gasteiger charge is -2.08. The number of benzene rings is 2. The monoisotopic (exact) mass is 491 g/mol. The molecule has 0 aliphatic carbocycles. The van der Waals surface area contributed by atoms with Crippen molar-refractivity contribution >= 4 is 59.6 Å². The minimum atomic E-state index is -0.295. The van der Waals surface area contributed by atoms with Gasteiger partial charge in [-0.15, -0.1) is 0 Å². The van der Waals surface area contributed by atoms with E-state index in [1.54, 1.807) is 6.92 Å². The highest BCUT2D eigenvalue weighted by Gasteiger charge is 2.11. The van der Waals surface area contributed by atoms with Gasteiger partial charge in [0.15, 0.2) is 0 Å². The highest BCUT2D eigenvalue weighted by molar-refractivity contribution is 9.10. The lowest BCUT2D eigenvalue weighted by atomic mass is 10.2. The Hall–Kier alpha value is -1.59. The lowest BCUT2D eigenvalue weighted by molar-refractivity contribution is -0.139. The van der Waals surface area contributed by atoms with Crippen LogP contribution in [0.4, 0.5) is 0 Å². The summed E-state index contributed by atoms with van der Waals surface area (Å²) >= 11 is 7.20. The second kappa shape index (κ2) is 9.07. The first kappa shape index (κ1) is 20.2. The summed E-state index contributed by atoms with van der Waals surface area (Å²) < 4.78 is 9.74. The summed E-state index contributed by atoms with van der Waals surface area (Å²) in [6.07, 6.45) is 4.14. The maximum Gasteiger partial charge on any atom is 0.333 e. The number of aryl methyl sites for hydroxylation is 1. The zero-order chi connectivity index (χ0) is 19.4. The van der Waals surface area contributed by atoms with Crippen LogP contribution in [0.3, 0.4) is 0 Å². The fraction of sp³-hybridized carbons (Fsp3) is 0.318. The second-order valence-electron chi connectivity index (χ2n) is 6.81.